The molecular weight excluding hydrogens is 673 g/mol. The first-order chi connectivity index (χ1) is 27.7. The van der Waals surface area contributed by atoms with Gasteiger partial charge in [-0.15, -0.1) is 0 Å². The van der Waals surface area contributed by atoms with Crippen LogP contribution in [0.15, 0.2) is 206 Å². The number of rotatable bonds is 5. The lowest BCUT2D eigenvalue weighted by atomic mass is 9.83. The van der Waals surface area contributed by atoms with Crippen LogP contribution in [0.3, 0.4) is 0 Å². The fourth-order valence-electron chi connectivity index (χ4n) is 9.02. The van der Waals surface area contributed by atoms with Crippen LogP contribution in [0.25, 0.3) is 98.4 Å². The van der Waals surface area contributed by atoms with Crippen LogP contribution in [0.5, 0.6) is 0 Å². The molecule has 11 rings (SSSR count). The van der Waals surface area contributed by atoms with Crippen molar-refractivity contribution in [2.24, 2.45) is 0 Å². The van der Waals surface area contributed by atoms with E-state index in [2.05, 4.69) is 206 Å². The molecule has 0 atom stereocenters. The highest BCUT2D eigenvalue weighted by Crippen LogP contribution is 2.45. The topological polar surface area (TPSA) is 0 Å². The number of hydrogen-bond donors (Lipinski definition) is 0. The smallest absolute Gasteiger partial charge is 0.00923 e. The second-order valence-electron chi connectivity index (χ2n) is 15.2. The lowest BCUT2D eigenvalue weighted by Gasteiger charge is -2.21. The maximum absolute atomic E-state index is 2.51. The lowest BCUT2D eigenvalue weighted by molar-refractivity contribution is 1.06. The second kappa shape index (κ2) is 13.4. The minimum absolute atomic E-state index is 0.999. The predicted octanol–water partition coefficient (Wildman–Crippen LogP) is 15.7. The third-order valence-corrected chi connectivity index (χ3v) is 11.9. The van der Waals surface area contributed by atoms with E-state index in [1.165, 1.54) is 110 Å². The molecule has 0 aliphatic heterocycles. The molecule has 0 saturated heterocycles. The van der Waals surface area contributed by atoms with Crippen molar-refractivity contribution in [1.29, 1.82) is 0 Å². The Morgan fingerprint density at radius 3 is 1.38 bits per heavy atom. The number of benzene rings is 10. The van der Waals surface area contributed by atoms with E-state index < -0.39 is 0 Å². The van der Waals surface area contributed by atoms with Crippen LogP contribution < -0.4 is 0 Å². The van der Waals surface area contributed by atoms with Gasteiger partial charge in [0, 0.05) is 0 Å². The fraction of sp³-hybridized carbons (Fsp3) is 0.0357. The molecule has 10 aromatic rings. The van der Waals surface area contributed by atoms with E-state index in [1.54, 1.807) is 0 Å². The minimum Gasteiger partial charge on any atom is -0.0763 e. The zero-order valence-corrected chi connectivity index (χ0v) is 31.0. The van der Waals surface area contributed by atoms with E-state index in [0.29, 0.717) is 0 Å². The summed E-state index contributed by atoms with van der Waals surface area (Å²) < 4.78 is 0. The molecule has 0 unspecified atom stereocenters. The summed E-state index contributed by atoms with van der Waals surface area (Å²) in [6.45, 7) is 0. The van der Waals surface area contributed by atoms with Gasteiger partial charge < -0.3 is 0 Å². The summed E-state index contributed by atoms with van der Waals surface area (Å²) >= 11 is 0. The zero-order valence-electron chi connectivity index (χ0n) is 31.0. The van der Waals surface area contributed by atoms with Crippen molar-refractivity contribution in [3.8, 4) is 33.4 Å². The summed E-state index contributed by atoms with van der Waals surface area (Å²) in [5, 5.41) is 12.8. The van der Waals surface area contributed by atoms with Crippen molar-refractivity contribution in [3.05, 3.63) is 217 Å². The Labute approximate surface area is 327 Å². The summed E-state index contributed by atoms with van der Waals surface area (Å²) in [4.78, 5) is 0. The molecule has 0 saturated carbocycles. The Morgan fingerprint density at radius 1 is 0.286 bits per heavy atom. The highest BCUT2D eigenvalue weighted by molar-refractivity contribution is 6.24. The molecule has 0 heteroatoms. The minimum atomic E-state index is 0.999. The summed E-state index contributed by atoms with van der Waals surface area (Å²) in [5.74, 6) is 0. The van der Waals surface area contributed by atoms with Gasteiger partial charge in [-0.3, -0.25) is 0 Å². The molecule has 0 radical (unpaired) electrons. The van der Waals surface area contributed by atoms with E-state index in [1.807, 2.05) is 0 Å². The van der Waals surface area contributed by atoms with Gasteiger partial charge in [-0.2, -0.15) is 0 Å². The van der Waals surface area contributed by atoms with Crippen molar-refractivity contribution in [1.82, 2.24) is 0 Å². The van der Waals surface area contributed by atoms with Crippen LogP contribution in [0.4, 0.5) is 0 Å². The molecule has 0 spiro atoms. The van der Waals surface area contributed by atoms with E-state index >= 15 is 0 Å². The van der Waals surface area contributed by atoms with E-state index in [0.717, 1.165) is 12.8 Å². The van der Waals surface area contributed by atoms with E-state index in [9.17, 15) is 0 Å². The largest absolute Gasteiger partial charge is 0.0763 e. The van der Waals surface area contributed by atoms with E-state index in [4.69, 9.17) is 0 Å². The number of allylic oxidation sites excluding steroid dienone is 4. The Kier molecular flexibility index (Phi) is 7.74. The maximum Gasteiger partial charge on any atom is -0.00923 e. The third kappa shape index (κ3) is 5.62. The number of fused-ring (bicyclic) bond motifs is 7. The highest BCUT2D eigenvalue weighted by atomic mass is 14.2. The van der Waals surface area contributed by atoms with Crippen LogP contribution in [-0.4, -0.2) is 0 Å². The van der Waals surface area contributed by atoms with Gasteiger partial charge in [-0.25, -0.2) is 0 Å². The molecule has 262 valence electrons. The number of hydrogen-bond acceptors (Lipinski definition) is 0. The predicted molar refractivity (Wildman–Crippen MR) is 242 cm³/mol. The normalized spacial score (nSPS) is 13.1. The maximum atomic E-state index is 2.51. The third-order valence-electron chi connectivity index (χ3n) is 11.9. The molecule has 10 aromatic carbocycles. The van der Waals surface area contributed by atoms with Gasteiger partial charge in [0.2, 0.25) is 0 Å². The molecule has 0 heterocycles. The highest BCUT2D eigenvalue weighted by Gasteiger charge is 2.19. The van der Waals surface area contributed by atoms with Crippen molar-refractivity contribution in [3.63, 3.8) is 0 Å². The average molecular weight is 711 g/mol. The Hall–Kier alpha value is -7.02. The summed E-state index contributed by atoms with van der Waals surface area (Å²) in [7, 11) is 0. The molecule has 56 heavy (non-hydrogen) atoms. The van der Waals surface area contributed by atoms with Crippen molar-refractivity contribution >= 4 is 65.0 Å². The van der Waals surface area contributed by atoms with Gasteiger partial charge >= 0.3 is 0 Å². The fourth-order valence-corrected chi connectivity index (χ4v) is 9.02. The molecular formula is C56H38. The van der Waals surface area contributed by atoms with Crippen LogP contribution >= 0.6 is 0 Å². The summed E-state index contributed by atoms with van der Waals surface area (Å²) in [5.41, 5.74) is 12.7. The van der Waals surface area contributed by atoms with Gasteiger partial charge in [0.1, 0.15) is 0 Å². The van der Waals surface area contributed by atoms with Crippen LogP contribution in [0.1, 0.15) is 24.0 Å². The molecule has 1 aliphatic carbocycles. The van der Waals surface area contributed by atoms with Crippen molar-refractivity contribution in [2.45, 2.75) is 12.8 Å². The van der Waals surface area contributed by atoms with E-state index in [-0.39, 0.29) is 0 Å². The van der Waals surface area contributed by atoms with Gasteiger partial charge in [0.25, 0.3) is 0 Å². The van der Waals surface area contributed by atoms with Crippen molar-refractivity contribution in [2.75, 3.05) is 0 Å². The molecule has 0 nitrogen and oxygen atoms in total. The molecule has 0 N–H and O–H groups in total. The molecule has 0 fully saturated rings. The van der Waals surface area contributed by atoms with Crippen LogP contribution in [-0.2, 0) is 0 Å². The van der Waals surface area contributed by atoms with Gasteiger partial charge in [0.15, 0.2) is 0 Å². The van der Waals surface area contributed by atoms with Crippen LogP contribution in [0, 0.1) is 0 Å². The second-order valence-corrected chi connectivity index (χ2v) is 15.2. The average Bonchev–Trinajstić information content (AvgIpc) is 3.28. The standard InChI is InChI=1S/C56H38/c1-3-12-37(13-4-1)45-26-28-49-53(33-45)51(47-21-11-20-43(32-47)44-24-22-39-16-7-9-18-41(39)30-44)35-55-50-29-27-46(38-14-5-2-6-15-38)34-54(50)52(36-56(49)55)48-25-23-40-17-8-10-19-42(40)31-48/h1-10,12-20,22-36H,11,21H2. The lowest BCUT2D eigenvalue weighted by Crippen LogP contribution is -1.96. The quantitative estimate of drug-likeness (QED) is 0.156. The van der Waals surface area contributed by atoms with Gasteiger partial charge in [-0.05, 0) is 159 Å². The molecule has 0 aromatic heterocycles. The zero-order chi connectivity index (χ0) is 37.0. The first-order valence-corrected chi connectivity index (χ1v) is 19.7. The Bertz CT molecular complexity index is 3220. The van der Waals surface area contributed by atoms with Crippen molar-refractivity contribution < 1.29 is 0 Å². The summed E-state index contributed by atoms with van der Waals surface area (Å²) in [6.07, 6.45) is 6.89. The van der Waals surface area contributed by atoms with Gasteiger partial charge in [-0.1, -0.05) is 170 Å². The van der Waals surface area contributed by atoms with Gasteiger partial charge in [0.05, 0.1) is 0 Å². The monoisotopic (exact) mass is 710 g/mol. The molecule has 0 amide bonds. The summed E-state index contributed by atoms with van der Waals surface area (Å²) in [6, 6.07) is 72.0. The van der Waals surface area contributed by atoms with Crippen LogP contribution in [0.2, 0.25) is 0 Å². The SMILES string of the molecule is C1=C(c2ccc3ccccc3c2)C=C(c2cc3c4ccc(-c5ccccc5)cc4c(-c4ccc5ccccc5c4)cc3c3ccc(-c4ccccc4)cc23)CC1. The first kappa shape index (κ1) is 32.4. The first-order valence-electron chi connectivity index (χ1n) is 19.7. The molecule has 0 bridgehead atoms. The Morgan fingerprint density at radius 2 is 0.768 bits per heavy atom. The molecule has 1 aliphatic rings. The Balaban J connectivity index is 1.19.